The van der Waals surface area contributed by atoms with Crippen molar-refractivity contribution < 1.29 is 14.6 Å². The van der Waals surface area contributed by atoms with E-state index >= 15 is 0 Å². The predicted molar refractivity (Wildman–Crippen MR) is 111 cm³/mol. The maximum Gasteiger partial charge on any atom is 0.318 e. The lowest BCUT2D eigenvalue weighted by Crippen LogP contribution is -1.96. The van der Waals surface area contributed by atoms with E-state index in [1.165, 1.54) is 6.07 Å². The Morgan fingerprint density at radius 3 is 2.20 bits per heavy atom. The molecular weight excluding hydrogens is 410 g/mol. The summed E-state index contributed by atoms with van der Waals surface area (Å²) in [5, 5.41) is 32.0. The number of nitro groups is 2. The number of hydrogen-bond acceptors (Lipinski definition) is 6. The summed E-state index contributed by atoms with van der Waals surface area (Å²) < 4.78 is 5.53. The Bertz CT molecular complexity index is 1180. The van der Waals surface area contributed by atoms with Crippen LogP contribution in [-0.4, -0.2) is 9.85 Å². The van der Waals surface area contributed by atoms with Gasteiger partial charge in [0.1, 0.15) is 5.75 Å². The van der Waals surface area contributed by atoms with Crippen molar-refractivity contribution in [3.63, 3.8) is 0 Å². The standard InChI is InChI=1S/C21H12ClN3O5/c22-17-5-3-15(4-6-17)16(13-23)11-14-1-8-19(9-2-14)30-21-10-7-18(24(26)27)12-20(21)25(28)29/h1-12H/b16-11+. The highest BCUT2D eigenvalue weighted by molar-refractivity contribution is 6.30. The van der Waals surface area contributed by atoms with Gasteiger partial charge in [0.05, 0.1) is 27.6 Å². The molecule has 3 rings (SSSR count). The van der Waals surface area contributed by atoms with Gasteiger partial charge >= 0.3 is 5.69 Å². The molecule has 3 aromatic rings. The summed E-state index contributed by atoms with van der Waals surface area (Å²) in [4.78, 5) is 20.6. The summed E-state index contributed by atoms with van der Waals surface area (Å²) in [7, 11) is 0. The van der Waals surface area contributed by atoms with E-state index in [0.717, 1.165) is 12.1 Å². The minimum Gasteiger partial charge on any atom is -0.450 e. The third kappa shape index (κ3) is 4.79. The van der Waals surface area contributed by atoms with Crippen molar-refractivity contribution in [2.75, 3.05) is 0 Å². The first-order valence-electron chi connectivity index (χ1n) is 8.46. The molecule has 0 fully saturated rings. The lowest BCUT2D eigenvalue weighted by molar-refractivity contribution is -0.394. The molecule has 0 atom stereocenters. The number of rotatable bonds is 6. The van der Waals surface area contributed by atoms with Crippen molar-refractivity contribution in [2.45, 2.75) is 0 Å². The molecule has 148 valence electrons. The van der Waals surface area contributed by atoms with Gasteiger partial charge in [0.25, 0.3) is 5.69 Å². The maximum atomic E-state index is 11.2. The van der Waals surface area contributed by atoms with Crippen LogP contribution in [0.3, 0.4) is 0 Å². The summed E-state index contributed by atoms with van der Waals surface area (Å²) in [5.41, 5.74) is 0.950. The van der Waals surface area contributed by atoms with E-state index in [1.807, 2.05) is 0 Å². The molecule has 30 heavy (non-hydrogen) atoms. The first-order chi connectivity index (χ1) is 14.4. The van der Waals surface area contributed by atoms with Crippen LogP contribution in [-0.2, 0) is 0 Å². The van der Waals surface area contributed by atoms with Crippen LogP contribution < -0.4 is 4.74 Å². The molecule has 0 saturated carbocycles. The molecule has 0 amide bonds. The molecule has 0 aliphatic carbocycles. The average Bonchev–Trinajstić information content (AvgIpc) is 2.74. The van der Waals surface area contributed by atoms with Crippen molar-refractivity contribution in [3.8, 4) is 17.6 Å². The second-order valence-corrected chi connectivity index (χ2v) is 6.45. The van der Waals surface area contributed by atoms with Crippen molar-refractivity contribution in [1.29, 1.82) is 5.26 Å². The van der Waals surface area contributed by atoms with Crippen LogP contribution in [0.15, 0.2) is 66.7 Å². The summed E-state index contributed by atoms with van der Waals surface area (Å²) in [5.74, 6) is 0.182. The number of ether oxygens (including phenoxy) is 1. The molecule has 9 heteroatoms. The van der Waals surface area contributed by atoms with Crippen molar-refractivity contribution in [1.82, 2.24) is 0 Å². The molecule has 0 aliphatic heterocycles. The number of nitrogens with zero attached hydrogens (tertiary/aromatic N) is 3. The predicted octanol–water partition coefficient (Wildman–Crippen LogP) is 6.01. The number of benzene rings is 3. The highest BCUT2D eigenvalue weighted by Gasteiger charge is 2.21. The van der Waals surface area contributed by atoms with E-state index in [1.54, 1.807) is 54.6 Å². The fourth-order valence-electron chi connectivity index (χ4n) is 2.58. The van der Waals surface area contributed by atoms with Gasteiger partial charge in [-0.15, -0.1) is 0 Å². The van der Waals surface area contributed by atoms with Gasteiger partial charge < -0.3 is 4.74 Å². The monoisotopic (exact) mass is 421 g/mol. The third-order valence-corrected chi connectivity index (χ3v) is 4.30. The first-order valence-corrected chi connectivity index (χ1v) is 8.83. The molecule has 0 N–H and O–H groups in total. The molecule has 0 aromatic heterocycles. The minimum absolute atomic E-state index is 0.118. The van der Waals surface area contributed by atoms with Crippen LogP contribution in [0.25, 0.3) is 11.6 Å². The number of hydrogen-bond donors (Lipinski definition) is 0. The van der Waals surface area contributed by atoms with Crippen LogP contribution in [0, 0.1) is 31.6 Å². The minimum atomic E-state index is -0.745. The number of nitro benzene ring substituents is 2. The normalized spacial score (nSPS) is 10.9. The van der Waals surface area contributed by atoms with E-state index in [9.17, 15) is 25.5 Å². The number of allylic oxidation sites excluding steroid dienone is 1. The van der Waals surface area contributed by atoms with Crippen LogP contribution in [0.2, 0.25) is 5.02 Å². The Balaban J connectivity index is 1.84. The van der Waals surface area contributed by atoms with Crippen LogP contribution in [0.5, 0.6) is 11.5 Å². The Hall–Kier alpha value is -4.22. The smallest absolute Gasteiger partial charge is 0.318 e. The molecule has 8 nitrogen and oxygen atoms in total. The molecule has 0 aliphatic rings. The van der Waals surface area contributed by atoms with E-state index < -0.39 is 21.2 Å². The molecule has 0 heterocycles. The topological polar surface area (TPSA) is 119 Å². The molecule has 0 spiro atoms. The van der Waals surface area contributed by atoms with Crippen LogP contribution >= 0.6 is 11.6 Å². The average molecular weight is 422 g/mol. The zero-order valence-electron chi connectivity index (χ0n) is 15.2. The van der Waals surface area contributed by atoms with Gasteiger partial charge in [-0.25, -0.2) is 0 Å². The molecule has 0 saturated heterocycles. The van der Waals surface area contributed by atoms with Gasteiger partial charge in [-0.3, -0.25) is 20.2 Å². The highest BCUT2D eigenvalue weighted by atomic mass is 35.5. The van der Waals surface area contributed by atoms with Gasteiger partial charge in [-0.05, 0) is 47.5 Å². The van der Waals surface area contributed by atoms with Crippen molar-refractivity contribution >= 4 is 34.6 Å². The van der Waals surface area contributed by atoms with E-state index in [2.05, 4.69) is 6.07 Å². The fourth-order valence-corrected chi connectivity index (χ4v) is 2.71. The highest BCUT2D eigenvalue weighted by Crippen LogP contribution is 2.34. The molecule has 0 radical (unpaired) electrons. The van der Waals surface area contributed by atoms with E-state index in [0.29, 0.717) is 27.5 Å². The van der Waals surface area contributed by atoms with E-state index in [-0.39, 0.29) is 5.75 Å². The molecular formula is C21H12ClN3O5. The summed E-state index contributed by atoms with van der Waals surface area (Å²) in [6, 6.07) is 18.7. The third-order valence-electron chi connectivity index (χ3n) is 4.04. The summed E-state index contributed by atoms with van der Waals surface area (Å²) >= 11 is 5.87. The molecule has 3 aromatic carbocycles. The quantitative estimate of drug-likeness (QED) is 0.208. The Morgan fingerprint density at radius 2 is 1.63 bits per heavy atom. The molecule has 0 unspecified atom stereocenters. The SMILES string of the molecule is N#C/C(=C\c1ccc(Oc2ccc([N+](=O)[O-])cc2[N+](=O)[O-])cc1)c1ccc(Cl)cc1. The van der Waals surface area contributed by atoms with Crippen LogP contribution in [0.4, 0.5) is 11.4 Å². The molecule has 0 bridgehead atoms. The summed E-state index contributed by atoms with van der Waals surface area (Å²) in [6.45, 7) is 0. The Labute approximate surface area is 175 Å². The zero-order chi connectivity index (χ0) is 21.7. The zero-order valence-corrected chi connectivity index (χ0v) is 15.9. The number of halogens is 1. The van der Waals surface area contributed by atoms with E-state index in [4.69, 9.17) is 16.3 Å². The number of nitriles is 1. The van der Waals surface area contributed by atoms with Gasteiger partial charge in [0.15, 0.2) is 0 Å². The van der Waals surface area contributed by atoms with Crippen LogP contribution in [0.1, 0.15) is 11.1 Å². The maximum absolute atomic E-state index is 11.2. The lowest BCUT2D eigenvalue weighted by Gasteiger charge is -2.07. The fraction of sp³-hybridized carbons (Fsp3) is 0. The Morgan fingerprint density at radius 1 is 0.967 bits per heavy atom. The van der Waals surface area contributed by atoms with Gasteiger partial charge in [0, 0.05) is 11.1 Å². The van der Waals surface area contributed by atoms with Crippen molar-refractivity contribution in [3.05, 3.63) is 103 Å². The Kier molecular flexibility index (Phi) is 6.05. The van der Waals surface area contributed by atoms with Gasteiger partial charge in [-0.1, -0.05) is 35.9 Å². The van der Waals surface area contributed by atoms with Gasteiger partial charge in [0.2, 0.25) is 5.75 Å². The second kappa shape index (κ2) is 8.86. The lowest BCUT2D eigenvalue weighted by atomic mass is 10.0. The largest absolute Gasteiger partial charge is 0.450 e. The number of non-ortho nitro benzene ring substituents is 1. The summed E-state index contributed by atoms with van der Waals surface area (Å²) in [6.07, 6.45) is 1.68. The second-order valence-electron chi connectivity index (χ2n) is 6.01. The van der Waals surface area contributed by atoms with Gasteiger partial charge in [-0.2, -0.15) is 5.26 Å². The van der Waals surface area contributed by atoms with Crippen molar-refractivity contribution in [2.24, 2.45) is 0 Å². The first kappa shape index (κ1) is 20.5.